The molecule has 0 aliphatic carbocycles. The molecule has 2 aromatic carbocycles. The predicted molar refractivity (Wildman–Crippen MR) is 110 cm³/mol. The Hall–Kier alpha value is -3.72. The molecule has 0 saturated heterocycles. The van der Waals surface area contributed by atoms with Crippen LogP contribution in [0.25, 0.3) is 0 Å². The quantitative estimate of drug-likeness (QED) is 0.613. The Bertz CT molecular complexity index is 1080. The number of rotatable bonds is 6. The van der Waals surface area contributed by atoms with Gasteiger partial charge in [-0.3, -0.25) is 4.79 Å². The molecule has 3 aromatic rings. The van der Waals surface area contributed by atoms with Gasteiger partial charge in [-0.25, -0.2) is 0 Å². The van der Waals surface area contributed by atoms with E-state index in [1.807, 2.05) is 19.1 Å². The molecule has 0 atom stereocenters. The third-order valence-corrected chi connectivity index (χ3v) is 5.03. The van der Waals surface area contributed by atoms with Gasteiger partial charge in [-0.05, 0) is 73.0 Å². The van der Waals surface area contributed by atoms with Crippen LogP contribution in [0.2, 0.25) is 0 Å². The Morgan fingerprint density at radius 2 is 1.87 bits per heavy atom. The zero-order chi connectivity index (χ0) is 20.9. The highest BCUT2D eigenvalue weighted by Gasteiger charge is 2.24. The lowest BCUT2D eigenvalue weighted by Gasteiger charge is -2.28. The van der Waals surface area contributed by atoms with Gasteiger partial charge in [0.05, 0.1) is 18.2 Å². The summed E-state index contributed by atoms with van der Waals surface area (Å²) in [5, 5.41) is 8.84. The van der Waals surface area contributed by atoms with Crippen LogP contribution in [0.1, 0.15) is 39.9 Å². The highest BCUT2D eigenvalue weighted by molar-refractivity contribution is 5.91. The summed E-state index contributed by atoms with van der Waals surface area (Å²) in [4.78, 5) is 14.7. The lowest BCUT2D eigenvalue weighted by Crippen LogP contribution is -2.35. The number of furan rings is 1. The third-order valence-electron chi connectivity index (χ3n) is 5.03. The van der Waals surface area contributed by atoms with Crippen molar-refractivity contribution in [3.63, 3.8) is 0 Å². The number of nitriles is 1. The van der Waals surface area contributed by atoms with Crippen LogP contribution < -0.4 is 9.47 Å². The molecule has 0 fully saturated rings. The van der Waals surface area contributed by atoms with E-state index in [9.17, 15) is 4.79 Å². The van der Waals surface area contributed by atoms with Crippen LogP contribution in [0.5, 0.6) is 11.5 Å². The summed E-state index contributed by atoms with van der Waals surface area (Å²) in [5.41, 5.74) is 2.93. The standard InChI is InChI=1S/C24H22N2O4/c1-2-28-21-8-5-18-11-12-26(15-19(18)13-21)24(27)23-10-9-22(30-23)16-29-20-6-3-17(14-25)4-7-20/h3-10,13H,2,11-12,15-16H2,1H3. The summed E-state index contributed by atoms with van der Waals surface area (Å²) in [6, 6.07) is 18.4. The fourth-order valence-corrected chi connectivity index (χ4v) is 3.47. The maximum Gasteiger partial charge on any atom is 0.289 e. The van der Waals surface area contributed by atoms with Gasteiger partial charge in [0.15, 0.2) is 5.76 Å². The van der Waals surface area contributed by atoms with Gasteiger partial charge in [-0.2, -0.15) is 5.26 Å². The van der Waals surface area contributed by atoms with Crippen LogP contribution in [0, 0.1) is 11.3 Å². The summed E-state index contributed by atoms with van der Waals surface area (Å²) < 4.78 is 17.0. The number of hydrogen-bond donors (Lipinski definition) is 0. The SMILES string of the molecule is CCOc1ccc2c(c1)CN(C(=O)c1ccc(COc3ccc(C#N)cc3)o1)CC2. The fraction of sp³-hybridized carbons (Fsp3) is 0.250. The first kappa shape index (κ1) is 19.6. The van der Waals surface area contributed by atoms with Gasteiger partial charge in [0.25, 0.3) is 5.91 Å². The van der Waals surface area contributed by atoms with Crippen molar-refractivity contribution in [3.05, 3.63) is 82.8 Å². The Morgan fingerprint density at radius 3 is 2.63 bits per heavy atom. The Kier molecular flexibility index (Phi) is 5.71. The van der Waals surface area contributed by atoms with E-state index in [0.717, 1.165) is 17.7 Å². The van der Waals surface area contributed by atoms with Gasteiger partial charge in [0, 0.05) is 13.1 Å². The first-order valence-corrected chi connectivity index (χ1v) is 9.92. The molecule has 0 radical (unpaired) electrons. The molecule has 1 amide bonds. The van der Waals surface area contributed by atoms with E-state index in [2.05, 4.69) is 12.1 Å². The second-order valence-electron chi connectivity index (χ2n) is 7.03. The lowest BCUT2D eigenvalue weighted by molar-refractivity contribution is 0.0698. The molecule has 30 heavy (non-hydrogen) atoms. The van der Waals surface area contributed by atoms with Gasteiger partial charge in [0.1, 0.15) is 23.9 Å². The van der Waals surface area contributed by atoms with Crippen molar-refractivity contribution in [1.29, 1.82) is 5.26 Å². The van der Waals surface area contributed by atoms with Crippen molar-refractivity contribution in [2.75, 3.05) is 13.2 Å². The minimum atomic E-state index is -0.132. The van der Waals surface area contributed by atoms with Crippen LogP contribution in [0.3, 0.4) is 0 Å². The molecule has 6 heteroatoms. The fourth-order valence-electron chi connectivity index (χ4n) is 3.47. The van der Waals surface area contributed by atoms with E-state index in [-0.39, 0.29) is 12.5 Å². The van der Waals surface area contributed by atoms with Crippen molar-refractivity contribution >= 4 is 5.91 Å². The molecule has 0 N–H and O–H groups in total. The normalized spacial score (nSPS) is 12.7. The number of fused-ring (bicyclic) bond motifs is 1. The minimum Gasteiger partial charge on any atom is -0.494 e. The maximum absolute atomic E-state index is 12.9. The third kappa shape index (κ3) is 4.31. The van der Waals surface area contributed by atoms with Gasteiger partial charge >= 0.3 is 0 Å². The number of amides is 1. The summed E-state index contributed by atoms with van der Waals surface area (Å²) in [7, 11) is 0. The van der Waals surface area contributed by atoms with Gasteiger partial charge in [-0.1, -0.05) is 6.07 Å². The van der Waals surface area contributed by atoms with Crippen LogP contribution in [0.4, 0.5) is 0 Å². The Morgan fingerprint density at radius 1 is 1.07 bits per heavy atom. The van der Waals surface area contributed by atoms with E-state index >= 15 is 0 Å². The monoisotopic (exact) mass is 402 g/mol. The van der Waals surface area contributed by atoms with Crippen molar-refractivity contribution in [2.24, 2.45) is 0 Å². The zero-order valence-electron chi connectivity index (χ0n) is 16.8. The van der Waals surface area contributed by atoms with Crippen molar-refractivity contribution in [2.45, 2.75) is 26.5 Å². The number of carbonyl (C=O) groups is 1. The summed E-state index contributed by atoms with van der Waals surface area (Å²) >= 11 is 0. The number of benzene rings is 2. The maximum atomic E-state index is 12.9. The molecule has 0 bridgehead atoms. The predicted octanol–water partition coefficient (Wildman–Crippen LogP) is 4.33. The molecule has 0 unspecified atom stereocenters. The molecule has 0 saturated carbocycles. The van der Waals surface area contributed by atoms with Gasteiger partial charge in [0.2, 0.25) is 0 Å². The minimum absolute atomic E-state index is 0.132. The van der Waals surface area contributed by atoms with E-state index in [1.54, 1.807) is 41.3 Å². The molecule has 2 heterocycles. The Labute approximate surface area is 175 Å². The van der Waals surface area contributed by atoms with Crippen LogP contribution >= 0.6 is 0 Å². The first-order chi connectivity index (χ1) is 14.7. The summed E-state index contributed by atoms with van der Waals surface area (Å²) in [6.07, 6.45) is 0.808. The molecule has 4 rings (SSSR count). The topological polar surface area (TPSA) is 75.7 Å². The molecular weight excluding hydrogens is 380 g/mol. The zero-order valence-corrected chi connectivity index (χ0v) is 16.8. The molecule has 1 aromatic heterocycles. The second kappa shape index (κ2) is 8.75. The van der Waals surface area contributed by atoms with Crippen molar-refractivity contribution in [1.82, 2.24) is 4.90 Å². The lowest BCUT2D eigenvalue weighted by atomic mass is 9.99. The smallest absolute Gasteiger partial charge is 0.289 e. The summed E-state index contributed by atoms with van der Waals surface area (Å²) in [6.45, 7) is 3.96. The highest BCUT2D eigenvalue weighted by atomic mass is 16.5. The van der Waals surface area contributed by atoms with E-state index in [0.29, 0.717) is 42.5 Å². The van der Waals surface area contributed by atoms with E-state index in [4.69, 9.17) is 19.2 Å². The second-order valence-corrected chi connectivity index (χ2v) is 7.03. The molecule has 6 nitrogen and oxygen atoms in total. The Balaban J connectivity index is 1.39. The van der Waals surface area contributed by atoms with E-state index in [1.165, 1.54) is 5.56 Å². The molecular formula is C24H22N2O4. The molecule has 1 aliphatic rings. The van der Waals surface area contributed by atoms with Gasteiger partial charge < -0.3 is 18.8 Å². The largest absolute Gasteiger partial charge is 0.494 e. The molecule has 1 aliphatic heterocycles. The first-order valence-electron chi connectivity index (χ1n) is 9.92. The van der Waals surface area contributed by atoms with Crippen molar-refractivity contribution in [3.8, 4) is 17.6 Å². The van der Waals surface area contributed by atoms with Gasteiger partial charge in [-0.15, -0.1) is 0 Å². The van der Waals surface area contributed by atoms with Crippen LogP contribution in [0.15, 0.2) is 59.0 Å². The summed E-state index contributed by atoms with van der Waals surface area (Å²) in [5.74, 6) is 2.20. The van der Waals surface area contributed by atoms with Crippen molar-refractivity contribution < 1.29 is 18.7 Å². The van der Waals surface area contributed by atoms with Crippen LogP contribution in [-0.4, -0.2) is 24.0 Å². The molecule has 152 valence electrons. The number of carbonyl (C=O) groups excluding carboxylic acids is 1. The average molecular weight is 402 g/mol. The highest BCUT2D eigenvalue weighted by Crippen LogP contribution is 2.25. The number of hydrogen-bond acceptors (Lipinski definition) is 5. The number of nitrogens with zero attached hydrogens (tertiary/aromatic N) is 2. The van der Waals surface area contributed by atoms with E-state index < -0.39 is 0 Å². The number of ether oxygens (including phenoxy) is 2. The average Bonchev–Trinajstić information content (AvgIpc) is 3.26. The molecule has 0 spiro atoms. The van der Waals surface area contributed by atoms with Crippen LogP contribution in [-0.2, 0) is 19.6 Å².